The molecule has 2 atom stereocenters. The van der Waals surface area contributed by atoms with E-state index in [1.54, 1.807) is 24.3 Å². The van der Waals surface area contributed by atoms with Gasteiger partial charge >= 0.3 is 6.03 Å². The van der Waals surface area contributed by atoms with Gasteiger partial charge in [-0.25, -0.2) is 4.79 Å². The highest BCUT2D eigenvalue weighted by Gasteiger charge is 2.23. The van der Waals surface area contributed by atoms with Crippen LogP contribution in [0, 0.1) is 0 Å². The molecule has 1 heterocycles. The fourth-order valence-corrected chi connectivity index (χ4v) is 2.34. The van der Waals surface area contributed by atoms with Crippen LogP contribution in [-0.4, -0.2) is 36.6 Å². The standard InChI is InChI=1S/C14H22N4O/c1-10-9-13(7-8-18(10)2)17-14(19)16-12-5-3-11(15)4-6-12/h3-6,10,13H,7-9,15H2,1-2H3,(H2,16,17,19). The Morgan fingerprint density at radius 2 is 2.05 bits per heavy atom. The van der Waals surface area contributed by atoms with Crippen LogP contribution >= 0.6 is 0 Å². The summed E-state index contributed by atoms with van der Waals surface area (Å²) >= 11 is 0. The zero-order valence-corrected chi connectivity index (χ0v) is 11.5. The van der Waals surface area contributed by atoms with E-state index in [9.17, 15) is 4.79 Å². The van der Waals surface area contributed by atoms with E-state index >= 15 is 0 Å². The second kappa shape index (κ2) is 5.93. The number of rotatable bonds is 2. The summed E-state index contributed by atoms with van der Waals surface area (Å²) in [6, 6.07) is 7.75. The van der Waals surface area contributed by atoms with Gasteiger partial charge in [-0.2, -0.15) is 0 Å². The summed E-state index contributed by atoms with van der Waals surface area (Å²) in [4.78, 5) is 14.2. The SMILES string of the molecule is CC1CC(NC(=O)Nc2ccc(N)cc2)CCN1C. The highest BCUT2D eigenvalue weighted by Crippen LogP contribution is 2.16. The minimum atomic E-state index is -0.147. The lowest BCUT2D eigenvalue weighted by atomic mass is 9.99. The first kappa shape index (κ1) is 13.7. The third kappa shape index (κ3) is 3.86. The van der Waals surface area contributed by atoms with Gasteiger partial charge in [-0.05, 0) is 51.1 Å². The third-order valence-corrected chi connectivity index (χ3v) is 3.71. The van der Waals surface area contributed by atoms with E-state index in [0.717, 1.165) is 25.1 Å². The molecule has 0 aromatic heterocycles. The second-order valence-corrected chi connectivity index (χ2v) is 5.27. The molecular formula is C14H22N4O. The number of benzene rings is 1. The van der Waals surface area contributed by atoms with Gasteiger partial charge in [0.1, 0.15) is 0 Å². The number of carbonyl (C=O) groups is 1. The number of nitrogens with one attached hydrogen (secondary N) is 2. The van der Waals surface area contributed by atoms with Gasteiger partial charge in [-0.1, -0.05) is 0 Å². The minimum absolute atomic E-state index is 0.147. The quantitative estimate of drug-likeness (QED) is 0.713. The molecule has 1 aliphatic rings. The first-order chi connectivity index (χ1) is 9.04. The fourth-order valence-electron chi connectivity index (χ4n) is 2.34. The second-order valence-electron chi connectivity index (χ2n) is 5.27. The van der Waals surface area contributed by atoms with Gasteiger partial charge in [0.15, 0.2) is 0 Å². The monoisotopic (exact) mass is 262 g/mol. The van der Waals surface area contributed by atoms with Crippen LogP contribution in [0.25, 0.3) is 0 Å². The van der Waals surface area contributed by atoms with E-state index in [4.69, 9.17) is 5.73 Å². The van der Waals surface area contributed by atoms with Crippen LogP contribution in [0.5, 0.6) is 0 Å². The van der Waals surface area contributed by atoms with Crippen LogP contribution < -0.4 is 16.4 Å². The van der Waals surface area contributed by atoms with Crippen molar-refractivity contribution in [3.63, 3.8) is 0 Å². The molecule has 0 saturated carbocycles. The average Bonchev–Trinajstić information content (AvgIpc) is 2.37. The van der Waals surface area contributed by atoms with Crippen LogP contribution in [0.4, 0.5) is 16.2 Å². The van der Waals surface area contributed by atoms with E-state index in [0.29, 0.717) is 11.7 Å². The normalized spacial score (nSPS) is 23.9. The van der Waals surface area contributed by atoms with Crippen molar-refractivity contribution in [2.45, 2.75) is 31.8 Å². The lowest BCUT2D eigenvalue weighted by molar-refractivity contribution is 0.170. The highest BCUT2D eigenvalue weighted by molar-refractivity contribution is 5.89. The Morgan fingerprint density at radius 1 is 1.37 bits per heavy atom. The Kier molecular flexibility index (Phi) is 4.27. The summed E-state index contributed by atoms with van der Waals surface area (Å²) in [5.74, 6) is 0. The summed E-state index contributed by atoms with van der Waals surface area (Å²) in [5.41, 5.74) is 7.05. The molecule has 1 saturated heterocycles. The third-order valence-electron chi connectivity index (χ3n) is 3.71. The number of likely N-dealkylation sites (tertiary alicyclic amines) is 1. The van der Waals surface area contributed by atoms with E-state index in [1.807, 2.05) is 0 Å². The van der Waals surface area contributed by atoms with E-state index in [2.05, 4.69) is 29.5 Å². The molecule has 19 heavy (non-hydrogen) atoms. The molecule has 2 unspecified atom stereocenters. The molecule has 0 radical (unpaired) electrons. The molecule has 0 bridgehead atoms. The molecule has 1 aromatic rings. The smallest absolute Gasteiger partial charge is 0.319 e. The van der Waals surface area contributed by atoms with Gasteiger partial charge in [0.25, 0.3) is 0 Å². The van der Waals surface area contributed by atoms with Gasteiger partial charge in [-0.15, -0.1) is 0 Å². The van der Waals surface area contributed by atoms with Crippen molar-refractivity contribution in [2.24, 2.45) is 0 Å². The maximum atomic E-state index is 11.9. The average molecular weight is 262 g/mol. The van der Waals surface area contributed by atoms with E-state index < -0.39 is 0 Å². The molecule has 2 amide bonds. The predicted molar refractivity (Wildman–Crippen MR) is 78.1 cm³/mol. The number of hydrogen-bond donors (Lipinski definition) is 3. The van der Waals surface area contributed by atoms with E-state index in [1.165, 1.54) is 0 Å². The van der Waals surface area contributed by atoms with Crippen molar-refractivity contribution < 1.29 is 4.79 Å². The Balaban J connectivity index is 1.83. The number of anilines is 2. The molecule has 1 aromatic carbocycles. The van der Waals surface area contributed by atoms with Gasteiger partial charge in [0, 0.05) is 30.0 Å². The maximum Gasteiger partial charge on any atom is 0.319 e. The largest absolute Gasteiger partial charge is 0.399 e. The molecule has 4 N–H and O–H groups in total. The van der Waals surface area contributed by atoms with Gasteiger partial charge < -0.3 is 21.3 Å². The van der Waals surface area contributed by atoms with Crippen LogP contribution in [0.2, 0.25) is 0 Å². The summed E-state index contributed by atoms with van der Waals surface area (Å²) < 4.78 is 0. The number of piperidine rings is 1. The first-order valence-electron chi connectivity index (χ1n) is 6.68. The number of nitrogens with two attached hydrogens (primary N) is 1. The Hall–Kier alpha value is -1.75. The van der Waals surface area contributed by atoms with Gasteiger partial charge in [0.05, 0.1) is 0 Å². The molecule has 104 valence electrons. The van der Waals surface area contributed by atoms with Crippen LogP contribution in [0.1, 0.15) is 19.8 Å². The summed E-state index contributed by atoms with van der Waals surface area (Å²) in [6.45, 7) is 3.21. The molecule has 1 fully saturated rings. The zero-order valence-electron chi connectivity index (χ0n) is 11.5. The van der Waals surface area contributed by atoms with Crippen LogP contribution in [0.3, 0.4) is 0 Å². The van der Waals surface area contributed by atoms with Gasteiger partial charge in [-0.3, -0.25) is 0 Å². The molecule has 5 heteroatoms. The Labute approximate surface area is 114 Å². The Morgan fingerprint density at radius 3 is 2.68 bits per heavy atom. The number of urea groups is 1. The van der Waals surface area contributed by atoms with Crippen LogP contribution in [-0.2, 0) is 0 Å². The van der Waals surface area contributed by atoms with Gasteiger partial charge in [0.2, 0.25) is 0 Å². The molecule has 0 spiro atoms. The molecular weight excluding hydrogens is 240 g/mol. The van der Waals surface area contributed by atoms with E-state index in [-0.39, 0.29) is 12.1 Å². The number of nitrogens with zero attached hydrogens (tertiary/aromatic N) is 1. The molecule has 1 aliphatic heterocycles. The summed E-state index contributed by atoms with van der Waals surface area (Å²) in [5, 5.41) is 5.85. The topological polar surface area (TPSA) is 70.4 Å². The Bertz CT molecular complexity index is 432. The fraction of sp³-hybridized carbons (Fsp3) is 0.500. The van der Waals surface area contributed by atoms with Crippen molar-refractivity contribution in [1.29, 1.82) is 0 Å². The number of amides is 2. The number of carbonyl (C=O) groups excluding carboxylic acids is 1. The summed E-state index contributed by atoms with van der Waals surface area (Å²) in [7, 11) is 2.12. The maximum absolute atomic E-state index is 11.9. The van der Waals surface area contributed by atoms with Crippen molar-refractivity contribution >= 4 is 17.4 Å². The lowest BCUT2D eigenvalue weighted by Gasteiger charge is -2.35. The van der Waals surface area contributed by atoms with Crippen molar-refractivity contribution in [3.05, 3.63) is 24.3 Å². The highest BCUT2D eigenvalue weighted by atomic mass is 16.2. The van der Waals surface area contributed by atoms with Crippen molar-refractivity contribution in [1.82, 2.24) is 10.2 Å². The predicted octanol–water partition coefficient (Wildman–Crippen LogP) is 1.87. The summed E-state index contributed by atoms with van der Waals surface area (Å²) in [6.07, 6.45) is 1.99. The van der Waals surface area contributed by atoms with Crippen LogP contribution in [0.15, 0.2) is 24.3 Å². The first-order valence-corrected chi connectivity index (χ1v) is 6.68. The lowest BCUT2D eigenvalue weighted by Crippen LogP contribution is -2.48. The number of nitrogen functional groups attached to an aromatic ring is 1. The zero-order chi connectivity index (χ0) is 13.8. The molecule has 5 nitrogen and oxygen atoms in total. The minimum Gasteiger partial charge on any atom is -0.399 e. The van der Waals surface area contributed by atoms with Crippen molar-refractivity contribution in [3.8, 4) is 0 Å². The van der Waals surface area contributed by atoms with Crippen molar-refractivity contribution in [2.75, 3.05) is 24.6 Å². The molecule has 0 aliphatic carbocycles. The number of hydrogen-bond acceptors (Lipinski definition) is 3. The molecule has 2 rings (SSSR count).